The third-order valence-electron chi connectivity index (χ3n) is 6.12. The molecule has 3 nitrogen and oxygen atoms in total. The van der Waals surface area contributed by atoms with Gasteiger partial charge in [-0.2, -0.15) is 0 Å². The number of rotatable bonds is 0. The van der Waals surface area contributed by atoms with Gasteiger partial charge in [-0.15, -0.1) is 0 Å². The predicted molar refractivity (Wildman–Crippen MR) is 73.2 cm³/mol. The van der Waals surface area contributed by atoms with Gasteiger partial charge in [0.05, 0.1) is 6.04 Å². The van der Waals surface area contributed by atoms with Gasteiger partial charge in [0.15, 0.2) is 5.78 Å². The van der Waals surface area contributed by atoms with Crippen LogP contribution in [0, 0.1) is 11.8 Å². The molecule has 5 atom stereocenters. The smallest absolute Gasteiger partial charge is 0.155 e. The molecule has 98 valence electrons. The Bertz CT molecular complexity index is 580. The average Bonchev–Trinajstić information content (AvgIpc) is 2.79. The number of nitrogens with one attached hydrogen (secondary N) is 2. The summed E-state index contributed by atoms with van der Waals surface area (Å²) in [6.45, 7) is 0.978. The zero-order valence-electron chi connectivity index (χ0n) is 10.9. The fourth-order valence-corrected chi connectivity index (χ4v) is 5.50. The van der Waals surface area contributed by atoms with Crippen LogP contribution in [0.1, 0.15) is 24.8 Å². The van der Waals surface area contributed by atoms with E-state index in [4.69, 9.17) is 0 Å². The Hall–Kier alpha value is -1.35. The van der Waals surface area contributed by atoms with Crippen molar-refractivity contribution in [2.24, 2.45) is 11.8 Å². The molecule has 0 amide bonds. The maximum atomic E-state index is 12.6. The van der Waals surface area contributed by atoms with Gasteiger partial charge in [-0.25, -0.2) is 0 Å². The molecule has 2 heterocycles. The summed E-state index contributed by atoms with van der Waals surface area (Å²) < 4.78 is 0. The number of Topliss-reactive ketones (excluding diaryl/α,β-unsaturated/α-hetero) is 1. The van der Waals surface area contributed by atoms with E-state index < -0.39 is 0 Å². The highest BCUT2D eigenvalue weighted by molar-refractivity contribution is 5.92. The van der Waals surface area contributed by atoms with Crippen molar-refractivity contribution in [2.45, 2.75) is 36.8 Å². The van der Waals surface area contributed by atoms with Gasteiger partial charge < -0.3 is 10.6 Å². The van der Waals surface area contributed by atoms with E-state index in [1.807, 2.05) is 0 Å². The van der Waals surface area contributed by atoms with Crippen LogP contribution >= 0.6 is 0 Å². The molecular formula is C16H18N2O. The lowest BCUT2D eigenvalue weighted by atomic mass is 9.47. The summed E-state index contributed by atoms with van der Waals surface area (Å²) in [5.74, 6) is 1.19. The van der Waals surface area contributed by atoms with Crippen molar-refractivity contribution in [3.05, 3.63) is 29.8 Å². The lowest BCUT2D eigenvalue weighted by Crippen LogP contribution is -2.72. The first-order valence-electron chi connectivity index (χ1n) is 7.45. The van der Waals surface area contributed by atoms with Crippen molar-refractivity contribution in [1.29, 1.82) is 0 Å². The van der Waals surface area contributed by atoms with Crippen molar-refractivity contribution in [2.75, 3.05) is 11.9 Å². The summed E-state index contributed by atoms with van der Waals surface area (Å²) >= 11 is 0. The molecule has 0 aromatic heterocycles. The minimum atomic E-state index is 0.122. The summed E-state index contributed by atoms with van der Waals surface area (Å²) in [6.07, 6.45) is 3.46. The van der Waals surface area contributed by atoms with Crippen molar-refractivity contribution in [1.82, 2.24) is 5.32 Å². The van der Waals surface area contributed by atoms with Gasteiger partial charge in [0.2, 0.25) is 0 Å². The fraction of sp³-hybridized carbons (Fsp3) is 0.562. The Morgan fingerprint density at radius 3 is 3.05 bits per heavy atom. The largest absolute Gasteiger partial charge is 0.380 e. The number of hydrogen-bond donors (Lipinski definition) is 2. The number of ketones is 1. The Morgan fingerprint density at radius 1 is 1.21 bits per heavy atom. The molecule has 3 saturated carbocycles. The molecule has 6 rings (SSSR count). The van der Waals surface area contributed by atoms with Gasteiger partial charge in [0.25, 0.3) is 0 Å². The normalized spacial score (nSPS) is 45.6. The second-order valence-corrected chi connectivity index (χ2v) is 6.58. The molecule has 2 N–H and O–H groups in total. The molecule has 1 spiro atoms. The van der Waals surface area contributed by atoms with Gasteiger partial charge in [0.1, 0.15) is 0 Å². The molecule has 0 radical (unpaired) electrons. The van der Waals surface area contributed by atoms with Crippen molar-refractivity contribution in [3.8, 4) is 0 Å². The SMILES string of the molecule is O=C1C2CCC3C1NCCC31c3ccccc3NC21. The van der Waals surface area contributed by atoms with Crippen LogP contribution < -0.4 is 10.6 Å². The number of anilines is 1. The summed E-state index contributed by atoms with van der Waals surface area (Å²) in [6, 6.07) is 9.20. The maximum absolute atomic E-state index is 12.6. The van der Waals surface area contributed by atoms with E-state index >= 15 is 0 Å². The third-order valence-corrected chi connectivity index (χ3v) is 6.12. The van der Waals surface area contributed by atoms with Crippen LogP contribution in [0.15, 0.2) is 24.3 Å². The third kappa shape index (κ3) is 1.00. The minimum Gasteiger partial charge on any atom is -0.380 e. The highest BCUT2D eigenvalue weighted by atomic mass is 16.1. The molecule has 1 aromatic rings. The van der Waals surface area contributed by atoms with Crippen LogP contribution in [0.2, 0.25) is 0 Å². The topological polar surface area (TPSA) is 41.1 Å². The molecule has 4 bridgehead atoms. The first kappa shape index (κ1) is 10.4. The zero-order chi connectivity index (χ0) is 12.6. The average molecular weight is 254 g/mol. The summed E-state index contributed by atoms with van der Waals surface area (Å²) in [7, 11) is 0. The van der Waals surface area contributed by atoms with Crippen LogP contribution in [0.5, 0.6) is 0 Å². The Labute approximate surface area is 112 Å². The maximum Gasteiger partial charge on any atom is 0.155 e. The first-order valence-corrected chi connectivity index (χ1v) is 7.45. The van der Waals surface area contributed by atoms with E-state index in [2.05, 4.69) is 34.9 Å². The number of para-hydroxylation sites is 1. The monoisotopic (exact) mass is 254 g/mol. The minimum absolute atomic E-state index is 0.122. The molecule has 4 fully saturated rings. The van der Waals surface area contributed by atoms with E-state index in [0.717, 1.165) is 13.0 Å². The Balaban J connectivity index is 1.77. The molecule has 3 heteroatoms. The number of hydrogen-bond acceptors (Lipinski definition) is 3. The van der Waals surface area contributed by atoms with Gasteiger partial charge in [-0.1, -0.05) is 18.2 Å². The molecule has 1 aromatic carbocycles. The van der Waals surface area contributed by atoms with E-state index in [9.17, 15) is 4.79 Å². The number of fused-ring (bicyclic) bond motifs is 2. The number of carbonyl (C=O) groups is 1. The van der Waals surface area contributed by atoms with Gasteiger partial charge in [0, 0.05) is 23.1 Å². The Morgan fingerprint density at radius 2 is 2.11 bits per heavy atom. The van der Waals surface area contributed by atoms with Gasteiger partial charge >= 0.3 is 0 Å². The van der Waals surface area contributed by atoms with Crippen LogP contribution in [0.4, 0.5) is 5.69 Å². The fourth-order valence-electron chi connectivity index (χ4n) is 5.50. The number of piperidine rings is 1. The number of carbonyl (C=O) groups excluding carboxylic acids is 1. The molecular weight excluding hydrogens is 236 g/mol. The second kappa shape index (κ2) is 3.21. The van der Waals surface area contributed by atoms with Crippen molar-refractivity contribution >= 4 is 11.5 Å². The summed E-state index contributed by atoms with van der Waals surface area (Å²) in [5.41, 5.74) is 2.98. The molecule has 1 saturated heterocycles. The van der Waals surface area contributed by atoms with Crippen LogP contribution in [-0.4, -0.2) is 24.4 Å². The molecule has 19 heavy (non-hydrogen) atoms. The summed E-state index contributed by atoms with van der Waals surface area (Å²) in [4.78, 5) is 12.6. The lowest BCUT2D eigenvalue weighted by Gasteiger charge is -2.59. The quantitative estimate of drug-likeness (QED) is 0.740. The lowest BCUT2D eigenvalue weighted by molar-refractivity contribution is -0.140. The van der Waals surface area contributed by atoms with Crippen LogP contribution in [-0.2, 0) is 10.2 Å². The first-order chi connectivity index (χ1) is 9.32. The summed E-state index contributed by atoms with van der Waals surface area (Å²) in [5, 5.41) is 7.19. The van der Waals surface area contributed by atoms with Crippen LogP contribution in [0.25, 0.3) is 0 Å². The van der Waals surface area contributed by atoms with E-state index in [-0.39, 0.29) is 17.4 Å². The zero-order valence-corrected chi connectivity index (χ0v) is 10.9. The van der Waals surface area contributed by atoms with Gasteiger partial charge in [-0.05, 0) is 43.4 Å². The van der Waals surface area contributed by atoms with E-state index in [1.54, 1.807) is 0 Å². The van der Waals surface area contributed by atoms with Crippen LogP contribution in [0.3, 0.4) is 0 Å². The van der Waals surface area contributed by atoms with Crippen molar-refractivity contribution in [3.63, 3.8) is 0 Å². The molecule has 5 unspecified atom stereocenters. The second-order valence-electron chi connectivity index (χ2n) is 6.58. The van der Waals surface area contributed by atoms with Gasteiger partial charge in [-0.3, -0.25) is 4.79 Å². The Kier molecular flexibility index (Phi) is 1.76. The number of benzene rings is 1. The highest BCUT2D eigenvalue weighted by Crippen LogP contribution is 2.60. The molecule has 5 aliphatic rings. The standard InChI is InChI=1S/C16H18N2O/c19-14-9-5-6-11-13(14)17-8-7-16(11)10-3-1-2-4-12(10)18-15(9)16/h1-4,9,11,13,15,17-18H,5-8H2. The predicted octanol–water partition coefficient (Wildman–Crippen LogP) is 1.69. The van der Waals surface area contributed by atoms with E-state index in [0.29, 0.717) is 17.7 Å². The molecule has 3 aliphatic carbocycles. The van der Waals surface area contributed by atoms with Crippen molar-refractivity contribution < 1.29 is 4.79 Å². The van der Waals surface area contributed by atoms with E-state index in [1.165, 1.54) is 24.1 Å². The highest BCUT2D eigenvalue weighted by Gasteiger charge is 2.66. The molecule has 2 aliphatic heterocycles.